The summed E-state index contributed by atoms with van der Waals surface area (Å²) in [6, 6.07) is 16.3. The highest BCUT2D eigenvalue weighted by molar-refractivity contribution is 7.10. The van der Waals surface area contributed by atoms with Crippen LogP contribution in [0.5, 0.6) is 0 Å². The van der Waals surface area contributed by atoms with Crippen molar-refractivity contribution in [2.24, 2.45) is 0 Å². The van der Waals surface area contributed by atoms with E-state index in [9.17, 15) is 9.59 Å². The molecule has 0 aliphatic carbocycles. The van der Waals surface area contributed by atoms with Gasteiger partial charge in [-0.05, 0) is 68.0 Å². The molecule has 8 nitrogen and oxygen atoms in total. The molecule has 1 saturated heterocycles. The van der Waals surface area contributed by atoms with Crippen LogP contribution in [0.3, 0.4) is 0 Å². The molecule has 2 aromatic heterocycles. The Morgan fingerprint density at radius 2 is 1.97 bits per heavy atom. The van der Waals surface area contributed by atoms with Gasteiger partial charge in [-0.15, -0.1) is 16.4 Å². The maximum atomic E-state index is 14.0. The Labute approximate surface area is 213 Å². The van der Waals surface area contributed by atoms with E-state index in [2.05, 4.69) is 15.6 Å². The number of aryl methyl sites for hydroxylation is 2. The van der Waals surface area contributed by atoms with Crippen LogP contribution >= 0.6 is 11.3 Å². The molecule has 0 spiro atoms. The fraction of sp³-hybridized carbons (Fsp3) is 0.333. The van der Waals surface area contributed by atoms with Crippen LogP contribution in [-0.4, -0.2) is 46.1 Å². The van der Waals surface area contributed by atoms with E-state index in [1.54, 1.807) is 9.58 Å². The maximum absolute atomic E-state index is 14.0. The lowest BCUT2D eigenvalue weighted by molar-refractivity contribution is -0.127. The first-order valence-electron chi connectivity index (χ1n) is 12.1. The van der Waals surface area contributed by atoms with E-state index in [1.807, 2.05) is 73.8 Å². The van der Waals surface area contributed by atoms with Gasteiger partial charge < -0.3 is 10.1 Å². The number of hydrogen-bond donors (Lipinski definition) is 1. The Morgan fingerprint density at radius 3 is 2.69 bits per heavy atom. The van der Waals surface area contributed by atoms with Gasteiger partial charge in [0.2, 0.25) is 11.8 Å². The summed E-state index contributed by atoms with van der Waals surface area (Å²) in [4.78, 5) is 30.2. The fourth-order valence-corrected chi connectivity index (χ4v) is 5.53. The van der Waals surface area contributed by atoms with Gasteiger partial charge in [-0.3, -0.25) is 14.5 Å². The van der Waals surface area contributed by atoms with Crippen LogP contribution in [0.2, 0.25) is 0 Å². The van der Waals surface area contributed by atoms with Gasteiger partial charge in [0.1, 0.15) is 18.1 Å². The van der Waals surface area contributed by atoms with Crippen molar-refractivity contribution >= 4 is 39.9 Å². The van der Waals surface area contributed by atoms with Gasteiger partial charge in [-0.1, -0.05) is 35.0 Å². The number of thiophene rings is 1. The predicted octanol–water partition coefficient (Wildman–Crippen LogP) is 4.18. The van der Waals surface area contributed by atoms with Crippen LogP contribution in [0.4, 0.5) is 5.69 Å². The third-order valence-electron chi connectivity index (χ3n) is 6.47. The quantitative estimate of drug-likeness (QED) is 0.390. The summed E-state index contributed by atoms with van der Waals surface area (Å²) in [6.45, 7) is 5.05. The van der Waals surface area contributed by atoms with E-state index in [4.69, 9.17) is 4.74 Å². The SMILES string of the molecule is Cc1ccc(N(C(=O)Cn2nnc3ccccc32)[C@H](C(=O)NC[C@@H]2CCCO2)c2sccc2C)cc1. The number of aromatic nitrogens is 3. The number of nitrogens with one attached hydrogen (secondary N) is 1. The maximum Gasteiger partial charge on any atom is 0.249 e. The molecule has 0 radical (unpaired) electrons. The van der Waals surface area contributed by atoms with Crippen molar-refractivity contribution in [3.05, 3.63) is 76.0 Å². The van der Waals surface area contributed by atoms with Crippen LogP contribution < -0.4 is 10.2 Å². The van der Waals surface area contributed by atoms with Crippen LogP contribution in [-0.2, 0) is 20.9 Å². The highest BCUT2D eigenvalue weighted by atomic mass is 32.1. The number of amides is 2. The minimum Gasteiger partial charge on any atom is -0.376 e. The zero-order chi connectivity index (χ0) is 25.1. The lowest BCUT2D eigenvalue weighted by atomic mass is 10.1. The summed E-state index contributed by atoms with van der Waals surface area (Å²) in [5.41, 5.74) is 4.17. The summed E-state index contributed by atoms with van der Waals surface area (Å²) in [6.07, 6.45) is 1.92. The molecule has 186 valence electrons. The molecule has 0 saturated carbocycles. The zero-order valence-electron chi connectivity index (χ0n) is 20.4. The minimum atomic E-state index is -0.823. The lowest BCUT2D eigenvalue weighted by Crippen LogP contribution is -2.46. The monoisotopic (exact) mass is 503 g/mol. The summed E-state index contributed by atoms with van der Waals surface area (Å²) < 4.78 is 7.29. The summed E-state index contributed by atoms with van der Waals surface area (Å²) in [7, 11) is 0. The Bertz CT molecular complexity index is 1360. The van der Waals surface area contributed by atoms with Crippen LogP contribution in [0.25, 0.3) is 11.0 Å². The van der Waals surface area contributed by atoms with Crippen LogP contribution in [0.15, 0.2) is 60.0 Å². The number of carbonyl (C=O) groups excluding carboxylic acids is 2. The van der Waals surface area contributed by atoms with Gasteiger partial charge in [0.15, 0.2) is 0 Å². The Balaban J connectivity index is 1.52. The molecule has 2 amide bonds. The molecule has 1 aliphatic rings. The molecule has 2 aromatic carbocycles. The number of fused-ring (bicyclic) bond motifs is 1. The van der Waals surface area contributed by atoms with Gasteiger partial charge in [0, 0.05) is 23.7 Å². The molecule has 3 heterocycles. The molecule has 1 aliphatic heterocycles. The first-order chi connectivity index (χ1) is 17.5. The molecule has 9 heteroatoms. The van der Waals surface area contributed by atoms with Gasteiger partial charge in [0.25, 0.3) is 0 Å². The van der Waals surface area contributed by atoms with Crippen molar-refractivity contribution in [3.8, 4) is 0 Å². The third kappa shape index (κ3) is 5.03. The van der Waals surface area contributed by atoms with E-state index in [0.717, 1.165) is 34.4 Å². The normalized spacial score (nSPS) is 16.2. The first kappa shape index (κ1) is 24.1. The van der Waals surface area contributed by atoms with Crippen LogP contribution in [0.1, 0.15) is 34.9 Å². The second kappa shape index (κ2) is 10.6. The number of ether oxygens (including phenoxy) is 1. The van der Waals surface area contributed by atoms with E-state index >= 15 is 0 Å². The average Bonchev–Trinajstić information content (AvgIpc) is 3.64. The zero-order valence-corrected chi connectivity index (χ0v) is 21.2. The number of nitrogens with zero attached hydrogens (tertiary/aromatic N) is 4. The second-order valence-electron chi connectivity index (χ2n) is 9.09. The molecule has 0 unspecified atom stereocenters. The first-order valence-corrected chi connectivity index (χ1v) is 13.0. The summed E-state index contributed by atoms with van der Waals surface area (Å²) in [5, 5.41) is 13.4. The molecule has 5 rings (SSSR count). The smallest absolute Gasteiger partial charge is 0.249 e. The lowest BCUT2D eigenvalue weighted by Gasteiger charge is -2.31. The third-order valence-corrected chi connectivity index (χ3v) is 7.54. The molecule has 36 heavy (non-hydrogen) atoms. The van der Waals surface area contributed by atoms with Gasteiger partial charge in [0.05, 0.1) is 11.6 Å². The highest BCUT2D eigenvalue weighted by Gasteiger charge is 2.35. The molecule has 1 fully saturated rings. The number of benzene rings is 2. The largest absolute Gasteiger partial charge is 0.376 e. The topological polar surface area (TPSA) is 89.4 Å². The Hall–Kier alpha value is -3.56. The standard InChI is InChI=1S/C27H29N5O3S/c1-18-9-11-20(12-10-18)32(24(33)17-31-23-8-4-3-7-22(23)29-30-31)25(26-19(2)13-15-36-26)27(34)28-16-21-6-5-14-35-21/h3-4,7-13,15,21,25H,5-6,14,16-17H2,1-2H3,(H,28,34)/t21-,25-/m0/s1. The molecule has 1 N–H and O–H groups in total. The van der Waals surface area contributed by atoms with E-state index in [1.165, 1.54) is 11.3 Å². The van der Waals surface area contributed by atoms with Gasteiger partial charge >= 0.3 is 0 Å². The van der Waals surface area contributed by atoms with E-state index in [-0.39, 0.29) is 24.5 Å². The van der Waals surface area contributed by atoms with Crippen molar-refractivity contribution < 1.29 is 14.3 Å². The Morgan fingerprint density at radius 1 is 1.17 bits per heavy atom. The van der Waals surface area contributed by atoms with Crippen molar-refractivity contribution in [1.29, 1.82) is 0 Å². The number of hydrogen-bond acceptors (Lipinski definition) is 6. The summed E-state index contributed by atoms with van der Waals surface area (Å²) >= 11 is 1.48. The second-order valence-corrected chi connectivity index (χ2v) is 10.0. The fourth-order valence-electron chi connectivity index (χ4n) is 4.52. The summed E-state index contributed by atoms with van der Waals surface area (Å²) in [5.74, 6) is -0.479. The number of para-hydroxylation sites is 1. The molecule has 0 bridgehead atoms. The predicted molar refractivity (Wildman–Crippen MR) is 140 cm³/mol. The Kier molecular flexibility index (Phi) is 7.11. The van der Waals surface area contributed by atoms with Crippen molar-refractivity contribution in [1.82, 2.24) is 20.3 Å². The van der Waals surface area contributed by atoms with Crippen LogP contribution in [0, 0.1) is 13.8 Å². The van der Waals surface area contributed by atoms with Crippen molar-refractivity contribution in [3.63, 3.8) is 0 Å². The number of carbonyl (C=O) groups is 2. The van der Waals surface area contributed by atoms with E-state index in [0.29, 0.717) is 24.4 Å². The number of rotatable bonds is 8. The van der Waals surface area contributed by atoms with Gasteiger partial charge in [-0.2, -0.15) is 0 Å². The molecule has 4 aromatic rings. The minimum absolute atomic E-state index is 0.00377. The molecule has 2 atom stereocenters. The highest BCUT2D eigenvalue weighted by Crippen LogP contribution is 2.34. The van der Waals surface area contributed by atoms with E-state index < -0.39 is 6.04 Å². The average molecular weight is 504 g/mol. The molecular weight excluding hydrogens is 474 g/mol. The van der Waals surface area contributed by atoms with Crippen molar-refractivity contribution in [2.75, 3.05) is 18.1 Å². The van der Waals surface area contributed by atoms with Crippen molar-refractivity contribution in [2.45, 2.75) is 45.4 Å². The molecular formula is C27H29N5O3S. The van der Waals surface area contributed by atoms with Gasteiger partial charge in [-0.25, -0.2) is 4.68 Å². The number of anilines is 1.